The maximum absolute atomic E-state index is 5.47. The summed E-state index contributed by atoms with van der Waals surface area (Å²) in [6.07, 6.45) is 2.51. The van der Waals surface area contributed by atoms with Gasteiger partial charge in [-0.15, -0.1) is 0 Å². The number of hydrogen-bond acceptors (Lipinski definition) is 1. The standard InChI is InChI=1S/C7H14N2S/c1-2-6-3-4-9(5-6)7(8)10/h6H,2-5H2,1H3,(H2,8,10)/t6-/m1/s1. The molecule has 2 nitrogen and oxygen atoms in total. The highest BCUT2D eigenvalue weighted by atomic mass is 32.1. The van der Waals surface area contributed by atoms with E-state index in [0.717, 1.165) is 19.0 Å². The Bertz CT molecular complexity index is 136. The van der Waals surface area contributed by atoms with Gasteiger partial charge >= 0.3 is 0 Å². The van der Waals surface area contributed by atoms with Crippen LogP contribution in [0, 0.1) is 5.92 Å². The molecule has 0 aromatic heterocycles. The van der Waals surface area contributed by atoms with Crippen LogP contribution in [-0.2, 0) is 0 Å². The molecule has 1 rings (SSSR count). The summed E-state index contributed by atoms with van der Waals surface area (Å²) in [6.45, 7) is 4.35. The van der Waals surface area contributed by atoms with Gasteiger partial charge in [0.05, 0.1) is 0 Å². The summed E-state index contributed by atoms with van der Waals surface area (Å²) in [6, 6.07) is 0. The zero-order valence-corrected chi connectivity index (χ0v) is 7.16. The zero-order valence-electron chi connectivity index (χ0n) is 6.34. The second-order valence-corrected chi connectivity index (χ2v) is 3.27. The van der Waals surface area contributed by atoms with Crippen LogP contribution in [0.1, 0.15) is 19.8 Å². The Morgan fingerprint density at radius 3 is 2.80 bits per heavy atom. The van der Waals surface area contributed by atoms with Gasteiger partial charge in [-0.3, -0.25) is 0 Å². The summed E-state index contributed by atoms with van der Waals surface area (Å²) < 4.78 is 0. The highest BCUT2D eigenvalue weighted by molar-refractivity contribution is 7.80. The van der Waals surface area contributed by atoms with Crippen LogP contribution in [0.2, 0.25) is 0 Å². The van der Waals surface area contributed by atoms with Crippen molar-refractivity contribution in [3.05, 3.63) is 0 Å². The van der Waals surface area contributed by atoms with Crippen LogP contribution in [0.25, 0.3) is 0 Å². The maximum Gasteiger partial charge on any atom is 0.166 e. The normalized spacial score (nSPS) is 25.3. The van der Waals surface area contributed by atoms with E-state index in [2.05, 4.69) is 11.8 Å². The van der Waals surface area contributed by atoms with Crippen LogP contribution in [0.4, 0.5) is 0 Å². The fraction of sp³-hybridized carbons (Fsp3) is 0.857. The van der Waals surface area contributed by atoms with Gasteiger partial charge in [0.1, 0.15) is 0 Å². The van der Waals surface area contributed by atoms with Crippen LogP contribution in [0.3, 0.4) is 0 Å². The second-order valence-electron chi connectivity index (χ2n) is 2.85. The molecule has 1 fully saturated rings. The molecule has 0 aromatic carbocycles. The number of likely N-dealkylation sites (tertiary alicyclic amines) is 1. The van der Waals surface area contributed by atoms with Crippen LogP contribution in [-0.4, -0.2) is 23.1 Å². The van der Waals surface area contributed by atoms with Crippen molar-refractivity contribution in [2.24, 2.45) is 11.7 Å². The number of nitrogens with two attached hydrogens (primary N) is 1. The molecule has 3 heteroatoms. The molecule has 0 spiro atoms. The molecule has 0 bridgehead atoms. The van der Waals surface area contributed by atoms with E-state index >= 15 is 0 Å². The lowest BCUT2D eigenvalue weighted by Gasteiger charge is -2.14. The van der Waals surface area contributed by atoms with Gasteiger partial charge < -0.3 is 10.6 Å². The van der Waals surface area contributed by atoms with E-state index in [1.54, 1.807) is 0 Å². The van der Waals surface area contributed by atoms with E-state index in [9.17, 15) is 0 Å². The summed E-state index contributed by atoms with van der Waals surface area (Å²) >= 11 is 4.86. The maximum atomic E-state index is 5.47. The predicted molar refractivity (Wildman–Crippen MR) is 46.8 cm³/mol. The third-order valence-electron chi connectivity index (χ3n) is 2.17. The molecule has 1 aliphatic rings. The molecule has 0 amide bonds. The van der Waals surface area contributed by atoms with Crippen LogP contribution >= 0.6 is 12.2 Å². The SMILES string of the molecule is CC[C@@H]1CCN(C(N)=S)C1. The first kappa shape index (κ1) is 7.79. The lowest BCUT2D eigenvalue weighted by Crippen LogP contribution is -2.33. The van der Waals surface area contributed by atoms with Crippen LogP contribution in [0.5, 0.6) is 0 Å². The van der Waals surface area contributed by atoms with Crippen molar-refractivity contribution in [2.45, 2.75) is 19.8 Å². The quantitative estimate of drug-likeness (QED) is 0.576. The first-order valence-electron chi connectivity index (χ1n) is 3.78. The van der Waals surface area contributed by atoms with Crippen molar-refractivity contribution in [1.82, 2.24) is 4.90 Å². The summed E-state index contributed by atoms with van der Waals surface area (Å²) in [7, 11) is 0. The average molecular weight is 158 g/mol. The zero-order chi connectivity index (χ0) is 7.56. The number of hydrogen-bond donors (Lipinski definition) is 1. The smallest absolute Gasteiger partial charge is 0.166 e. The summed E-state index contributed by atoms with van der Waals surface area (Å²) in [5.74, 6) is 0.821. The van der Waals surface area contributed by atoms with Crippen LogP contribution < -0.4 is 5.73 Å². The second kappa shape index (κ2) is 3.19. The molecule has 1 heterocycles. The monoisotopic (exact) mass is 158 g/mol. The molecule has 0 radical (unpaired) electrons. The number of rotatable bonds is 1. The van der Waals surface area contributed by atoms with E-state index in [4.69, 9.17) is 18.0 Å². The Balaban J connectivity index is 2.35. The molecule has 2 N–H and O–H groups in total. The van der Waals surface area contributed by atoms with Crippen molar-refractivity contribution < 1.29 is 0 Å². The minimum absolute atomic E-state index is 0.566. The van der Waals surface area contributed by atoms with Crippen molar-refractivity contribution in [3.63, 3.8) is 0 Å². The Labute approximate surface area is 67.4 Å². The van der Waals surface area contributed by atoms with Gasteiger partial charge in [0, 0.05) is 13.1 Å². The highest BCUT2D eigenvalue weighted by Gasteiger charge is 2.20. The van der Waals surface area contributed by atoms with Gasteiger partial charge in [0.25, 0.3) is 0 Å². The number of nitrogens with zero attached hydrogens (tertiary/aromatic N) is 1. The summed E-state index contributed by atoms with van der Waals surface area (Å²) in [5, 5.41) is 0.566. The molecule has 1 aliphatic heterocycles. The molecule has 1 saturated heterocycles. The molecule has 58 valence electrons. The van der Waals surface area contributed by atoms with Crippen LogP contribution in [0.15, 0.2) is 0 Å². The number of thiocarbonyl (C=S) groups is 1. The predicted octanol–water partition coefficient (Wildman–Crippen LogP) is 0.962. The van der Waals surface area contributed by atoms with Gasteiger partial charge in [0.15, 0.2) is 5.11 Å². The molecule has 10 heavy (non-hydrogen) atoms. The molecule has 0 saturated carbocycles. The Hall–Kier alpha value is -0.310. The van der Waals surface area contributed by atoms with Gasteiger partial charge in [-0.05, 0) is 24.6 Å². The van der Waals surface area contributed by atoms with E-state index in [0.29, 0.717) is 5.11 Å². The van der Waals surface area contributed by atoms with Crippen molar-refractivity contribution in [2.75, 3.05) is 13.1 Å². The molecule has 0 aromatic rings. The Kier molecular flexibility index (Phi) is 2.49. The van der Waals surface area contributed by atoms with E-state index < -0.39 is 0 Å². The van der Waals surface area contributed by atoms with Crippen molar-refractivity contribution in [1.29, 1.82) is 0 Å². The van der Waals surface area contributed by atoms with Gasteiger partial charge in [0.2, 0.25) is 0 Å². The van der Waals surface area contributed by atoms with Crippen molar-refractivity contribution in [3.8, 4) is 0 Å². The summed E-state index contributed by atoms with van der Waals surface area (Å²) in [4.78, 5) is 2.09. The lowest BCUT2D eigenvalue weighted by molar-refractivity contribution is 0.475. The molecule has 0 unspecified atom stereocenters. The molecular formula is C7H14N2S. The Morgan fingerprint density at radius 1 is 1.80 bits per heavy atom. The van der Waals surface area contributed by atoms with Gasteiger partial charge in [-0.1, -0.05) is 13.3 Å². The first-order chi connectivity index (χ1) is 4.74. The topological polar surface area (TPSA) is 29.3 Å². The molecule has 1 atom stereocenters. The van der Waals surface area contributed by atoms with Crippen molar-refractivity contribution >= 4 is 17.3 Å². The highest BCUT2D eigenvalue weighted by Crippen LogP contribution is 2.18. The minimum Gasteiger partial charge on any atom is -0.376 e. The van der Waals surface area contributed by atoms with Gasteiger partial charge in [-0.25, -0.2) is 0 Å². The fourth-order valence-electron chi connectivity index (χ4n) is 1.37. The van der Waals surface area contributed by atoms with E-state index in [-0.39, 0.29) is 0 Å². The summed E-state index contributed by atoms with van der Waals surface area (Å²) in [5.41, 5.74) is 5.47. The lowest BCUT2D eigenvalue weighted by atomic mass is 10.1. The molecule has 0 aliphatic carbocycles. The van der Waals surface area contributed by atoms with E-state index in [1.807, 2.05) is 0 Å². The minimum atomic E-state index is 0.566. The largest absolute Gasteiger partial charge is 0.376 e. The average Bonchev–Trinajstić information content (AvgIpc) is 2.34. The van der Waals surface area contributed by atoms with Gasteiger partial charge in [-0.2, -0.15) is 0 Å². The Morgan fingerprint density at radius 2 is 2.50 bits per heavy atom. The fourth-order valence-corrected chi connectivity index (χ4v) is 1.53. The van der Waals surface area contributed by atoms with E-state index in [1.165, 1.54) is 12.8 Å². The first-order valence-corrected chi connectivity index (χ1v) is 4.19. The third kappa shape index (κ3) is 1.59. The molecular weight excluding hydrogens is 144 g/mol. The third-order valence-corrected chi connectivity index (χ3v) is 2.43.